The van der Waals surface area contributed by atoms with Crippen molar-refractivity contribution in [3.05, 3.63) is 60.7 Å². The van der Waals surface area contributed by atoms with Crippen LogP contribution in [0.2, 0.25) is 5.04 Å². The maximum atomic E-state index is 12.9. The van der Waals surface area contributed by atoms with Crippen LogP contribution in [0.15, 0.2) is 60.7 Å². The van der Waals surface area contributed by atoms with Gasteiger partial charge in [0.1, 0.15) is 5.78 Å². The lowest BCUT2D eigenvalue weighted by molar-refractivity contribution is -0.129. The number of ketones is 1. The van der Waals surface area contributed by atoms with Crippen LogP contribution in [0, 0.1) is 5.92 Å². The molecule has 0 bridgehead atoms. The first-order chi connectivity index (χ1) is 13.9. The van der Waals surface area contributed by atoms with Crippen molar-refractivity contribution in [2.24, 2.45) is 5.92 Å². The number of unbranched alkanes of at least 4 members (excludes halogenated alkanes) is 1. The minimum absolute atomic E-state index is 0.0223. The van der Waals surface area contributed by atoms with Gasteiger partial charge in [-0.05, 0) is 34.7 Å². The van der Waals surface area contributed by atoms with Crippen molar-refractivity contribution in [1.29, 1.82) is 0 Å². The van der Waals surface area contributed by atoms with Gasteiger partial charge in [-0.2, -0.15) is 0 Å². The molecule has 2 aromatic carbocycles. The molecule has 0 N–H and O–H groups in total. The molecule has 2 nitrogen and oxygen atoms in total. The van der Waals surface area contributed by atoms with Crippen molar-refractivity contribution in [2.75, 3.05) is 0 Å². The van der Waals surface area contributed by atoms with Crippen LogP contribution in [0.5, 0.6) is 0 Å². The lowest BCUT2D eigenvalue weighted by Crippen LogP contribution is -2.68. The third-order valence-corrected chi connectivity index (χ3v) is 11.4. The van der Waals surface area contributed by atoms with Crippen molar-refractivity contribution in [1.82, 2.24) is 0 Å². The Morgan fingerprint density at radius 2 is 1.52 bits per heavy atom. The van der Waals surface area contributed by atoms with E-state index in [1.807, 2.05) is 0 Å². The van der Waals surface area contributed by atoms with Crippen LogP contribution in [0.4, 0.5) is 0 Å². The molecule has 0 saturated heterocycles. The molecule has 3 heteroatoms. The van der Waals surface area contributed by atoms with Gasteiger partial charge in [0, 0.05) is 12.3 Å². The molecule has 1 fully saturated rings. The Hall–Kier alpha value is -1.71. The van der Waals surface area contributed by atoms with Crippen molar-refractivity contribution < 1.29 is 9.22 Å². The number of benzene rings is 2. The fourth-order valence-electron chi connectivity index (χ4n) is 4.90. The summed E-state index contributed by atoms with van der Waals surface area (Å²) in [5.74, 6) is 0.456. The molecule has 29 heavy (non-hydrogen) atoms. The summed E-state index contributed by atoms with van der Waals surface area (Å²) < 4.78 is 7.31. The summed E-state index contributed by atoms with van der Waals surface area (Å²) in [5.41, 5.74) is 0. The third-order valence-electron chi connectivity index (χ3n) is 6.39. The predicted molar refractivity (Wildman–Crippen MR) is 124 cm³/mol. The van der Waals surface area contributed by atoms with Crippen LogP contribution in [0.1, 0.15) is 66.2 Å². The lowest BCUT2D eigenvalue weighted by atomic mass is 9.82. The summed E-state index contributed by atoms with van der Waals surface area (Å²) in [4.78, 5) is 12.9. The molecule has 156 valence electrons. The molecule has 1 aliphatic rings. The second-order valence-electron chi connectivity index (χ2n) is 9.43. The molecule has 2 atom stereocenters. The summed E-state index contributed by atoms with van der Waals surface area (Å²) >= 11 is 0. The molecule has 0 radical (unpaired) electrons. The summed E-state index contributed by atoms with van der Waals surface area (Å²) in [5, 5.41) is 2.54. The molecular weight excluding hydrogens is 372 g/mol. The van der Waals surface area contributed by atoms with Crippen molar-refractivity contribution in [3.63, 3.8) is 0 Å². The SMILES string of the molecule is CCCC[C@H]1C(=O)CCC[C@@H]1O[Si](c1ccccc1)(c1ccccc1)C(C)(C)C. The van der Waals surface area contributed by atoms with Crippen LogP contribution in [-0.4, -0.2) is 20.2 Å². The zero-order valence-corrected chi connectivity index (χ0v) is 19.5. The summed E-state index contributed by atoms with van der Waals surface area (Å²) in [6.45, 7) is 9.13. The molecule has 0 spiro atoms. The van der Waals surface area contributed by atoms with Gasteiger partial charge in [0.15, 0.2) is 0 Å². The average molecular weight is 409 g/mol. The van der Waals surface area contributed by atoms with Gasteiger partial charge in [0.25, 0.3) is 8.32 Å². The van der Waals surface area contributed by atoms with Crippen molar-refractivity contribution >= 4 is 24.5 Å². The van der Waals surface area contributed by atoms with Crippen LogP contribution in [0.3, 0.4) is 0 Å². The van der Waals surface area contributed by atoms with Gasteiger partial charge in [-0.15, -0.1) is 0 Å². The fourth-order valence-corrected chi connectivity index (χ4v) is 9.65. The summed E-state index contributed by atoms with van der Waals surface area (Å²) in [6.07, 6.45) is 5.85. The van der Waals surface area contributed by atoms with Crippen LogP contribution < -0.4 is 10.4 Å². The number of hydrogen-bond acceptors (Lipinski definition) is 2. The van der Waals surface area contributed by atoms with Crippen LogP contribution >= 0.6 is 0 Å². The van der Waals surface area contributed by atoms with E-state index in [4.69, 9.17) is 4.43 Å². The van der Waals surface area contributed by atoms with E-state index in [-0.39, 0.29) is 17.1 Å². The molecule has 0 heterocycles. The van der Waals surface area contributed by atoms with Crippen LogP contribution in [-0.2, 0) is 9.22 Å². The number of carbonyl (C=O) groups is 1. The minimum atomic E-state index is -2.60. The average Bonchev–Trinajstić information content (AvgIpc) is 2.72. The van der Waals surface area contributed by atoms with Gasteiger partial charge < -0.3 is 4.43 Å². The molecule has 0 aromatic heterocycles. The third kappa shape index (κ3) is 4.56. The highest BCUT2D eigenvalue weighted by Crippen LogP contribution is 2.40. The highest BCUT2D eigenvalue weighted by molar-refractivity contribution is 6.99. The van der Waals surface area contributed by atoms with E-state index in [1.54, 1.807) is 0 Å². The standard InChI is InChI=1S/C26H36O2Si/c1-5-6-18-23-24(27)19-13-20-25(23)28-29(26(2,3)4,21-14-9-7-10-15-21)22-16-11-8-12-17-22/h7-12,14-17,23,25H,5-6,13,18-20H2,1-4H3/t23-,25-/m0/s1. The number of carbonyl (C=O) groups excluding carboxylic acids is 1. The Labute approximate surface area is 177 Å². The first-order valence-corrected chi connectivity index (χ1v) is 13.1. The zero-order chi connectivity index (χ0) is 20.9. The van der Waals surface area contributed by atoms with Gasteiger partial charge in [0.2, 0.25) is 0 Å². The van der Waals surface area contributed by atoms with Gasteiger partial charge >= 0.3 is 0 Å². The number of hydrogen-bond donors (Lipinski definition) is 0. The van der Waals surface area contributed by atoms with E-state index in [1.165, 1.54) is 10.4 Å². The van der Waals surface area contributed by atoms with Crippen molar-refractivity contribution in [2.45, 2.75) is 77.4 Å². The normalized spacial score (nSPS) is 20.6. The maximum Gasteiger partial charge on any atom is 0.261 e. The second kappa shape index (κ2) is 9.40. The maximum absolute atomic E-state index is 12.9. The fraction of sp³-hybridized carbons (Fsp3) is 0.500. The lowest BCUT2D eigenvalue weighted by Gasteiger charge is -2.47. The zero-order valence-electron chi connectivity index (χ0n) is 18.5. The van der Waals surface area contributed by atoms with Gasteiger partial charge in [-0.3, -0.25) is 4.79 Å². The molecule has 1 saturated carbocycles. The van der Waals surface area contributed by atoms with E-state index in [0.717, 1.165) is 38.5 Å². The summed E-state index contributed by atoms with van der Waals surface area (Å²) in [7, 11) is -2.60. The molecular formula is C26H36O2Si. The molecule has 3 rings (SSSR count). The molecule has 0 amide bonds. The van der Waals surface area contributed by atoms with Gasteiger partial charge in [-0.1, -0.05) is 101 Å². The van der Waals surface area contributed by atoms with E-state index in [9.17, 15) is 4.79 Å². The topological polar surface area (TPSA) is 26.3 Å². The second-order valence-corrected chi connectivity index (χ2v) is 13.7. The van der Waals surface area contributed by atoms with E-state index in [0.29, 0.717) is 5.78 Å². The smallest absolute Gasteiger partial charge is 0.261 e. The summed E-state index contributed by atoms with van der Waals surface area (Å²) in [6, 6.07) is 21.6. The highest BCUT2D eigenvalue weighted by atomic mass is 28.4. The largest absolute Gasteiger partial charge is 0.404 e. The van der Waals surface area contributed by atoms with E-state index < -0.39 is 8.32 Å². The van der Waals surface area contributed by atoms with Gasteiger partial charge in [-0.25, -0.2) is 0 Å². The molecule has 2 aromatic rings. The van der Waals surface area contributed by atoms with E-state index >= 15 is 0 Å². The first kappa shape index (κ1) is 22.0. The first-order valence-electron chi connectivity index (χ1n) is 11.2. The Bertz CT molecular complexity index is 740. The quantitative estimate of drug-likeness (QED) is 0.566. The Kier molecular flexibility index (Phi) is 7.13. The molecule has 0 unspecified atom stereocenters. The predicted octanol–water partition coefficient (Wildman–Crippen LogP) is 5.49. The molecule has 1 aliphatic carbocycles. The number of rotatable bonds is 7. The van der Waals surface area contributed by atoms with E-state index in [2.05, 4.69) is 88.4 Å². The monoisotopic (exact) mass is 408 g/mol. The number of Topliss-reactive ketones (excluding diaryl/α,β-unsaturated/α-hetero) is 1. The van der Waals surface area contributed by atoms with Crippen LogP contribution in [0.25, 0.3) is 0 Å². The Morgan fingerprint density at radius 3 is 2.00 bits per heavy atom. The Morgan fingerprint density at radius 1 is 0.966 bits per heavy atom. The minimum Gasteiger partial charge on any atom is -0.404 e. The van der Waals surface area contributed by atoms with Gasteiger partial charge in [0.05, 0.1) is 6.10 Å². The Balaban J connectivity index is 2.11. The molecule has 0 aliphatic heterocycles. The highest BCUT2D eigenvalue weighted by Gasteiger charge is 2.52. The van der Waals surface area contributed by atoms with Crippen molar-refractivity contribution in [3.8, 4) is 0 Å².